The van der Waals surface area contributed by atoms with Crippen molar-refractivity contribution in [2.75, 3.05) is 0 Å². The van der Waals surface area contributed by atoms with Crippen LogP contribution in [0.25, 0.3) is 0 Å². The number of halogens is 5. The molecule has 0 amide bonds. The molecule has 4 bridgehead atoms. The van der Waals surface area contributed by atoms with Gasteiger partial charge in [0.05, 0.1) is 10.8 Å². The summed E-state index contributed by atoms with van der Waals surface area (Å²) in [5, 5.41) is -5.90. The molecule has 3 unspecified atom stereocenters. The average molecular weight is 783 g/mol. The molecule has 1 aliphatic heterocycles. The van der Waals surface area contributed by atoms with Gasteiger partial charge in [-0.1, -0.05) is 49.4 Å². The minimum atomic E-state index is -6.78. The number of carbonyl (C=O) groups is 2. The monoisotopic (exact) mass is 782 g/mol. The van der Waals surface area contributed by atoms with Crippen LogP contribution in [0.1, 0.15) is 65.7 Å². The molecule has 4 aliphatic carbocycles. The quantitative estimate of drug-likeness (QED) is 0.0754. The van der Waals surface area contributed by atoms with Gasteiger partial charge in [-0.25, -0.2) is 8.42 Å². The zero-order chi connectivity index (χ0) is 38.6. The summed E-state index contributed by atoms with van der Waals surface area (Å²) < 4.78 is 116. The highest BCUT2D eigenvalue weighted by atomic mass is 32.2. The van der Waals surface area contributed by atoms with E-state index in [9.17, 15) is 44.5 Å². The first-order valence-electron chi connectivity index (χ1n) is 17.2. The van der Waals surface area contributed by atoms with Gasteiger partial charge in [0.25, 0.3) is 6.10 Å². The van der Waals surface area contributed by atoms with E-state index in [4.69, 9.17) is 9.47 Å². The first-order valence-corrected chi connectivity index (χ1v) is 19.8. The lowest BCUT2D eigenvalue weighted by molar-refractivity contribution is -0.270. The number of hydrogen-bond donors (Lipinski definition) is 0. The number of benzene rings is 3. The SMILES string of the molecule is CCC(C)(C)C(=O)OC12CC3CC(C1)CC(C(=O)OC(C(F)(F)F)C(F)(F)S(=O)(=O)[O-])(C3)C2.c1ccc([S+]2c3ccccc3Oc3ccccc32)cc1. The van der Waals surface area contributed by atoms with Crippen molar-refractivity contribution in [3.63, 3.8) is 0 Å². The Bertz CT molecular complexity index is 1910. The Balaban J connectivity index is 0.000000203. The summed E-state index contributed by atoms with van der Waals surface area (Å²) >= 11 is 0. The number of ether oxygens (including phenoxy) is 3. The summed E-state index contributed by atoms with van der Waals surface area (Å²) in [6.45, 7) is 5.11. The number of fused-ring (bicyclic) bond motifs is 2. The molecule has 4 fully saturated rings. The van der Waals surface area contributed by atoms with Crippen molar-refractivity contribution in [2.24, 2.45) is 22.7 Å². The number of esters is 2. The Hall–Kier alpha value is -3.69. The first kappa shape index (κ1) is 39.0. The van der Waals surface area contributed by atoms with Crippen LogP contribution in [0.5, 0.6) is 11.5 Å². The maximum Gasteiger partial charge on any atom is 0.432 e. The second kappa shape index (κ2) is 13.9. The minimum absolute atomic E-state index is 0.0408. The maximum atomic E-state index is 13.9. The smallest absolute Gasteiger partial charge is 0.432 e. The third kappa shape index (κ3) is 7.53. The maximum absolute atomic E-state index is 13.9. The molecule has 0 aromatic heterocycles. The van der Waals surface area contributed by atoms with Crippen LogP contribution in [-0.2, 0) is 40.1 Å². The zero-order valence-electron chi connectivity index (χ0n) is 29.2. The molecule has 0 radical (unpaired) electrons. The van der Waals surface area contributed by atoms with E-state index < -0.39 is 56.0 Å². The van der Waals surface area contributed by atoms with Crippen LogP contribution in [-0.4, -0.2) is 48.0 Å². The molecule has 3 aromatic rings. The normalized spacial score (nSPS) is 25.5. The molecule has 53 heavy (non-hydrogen) atoms. The van der Waals surface area contributed by atoms with Crippen molar-refractivity contribution < 1.29 is 58.7 Å². The summed E-state index contributed by atoms with van der Waals surface area (Å²) in [6.07, 6.45) is -8.71. The lowest BCUT2D eigenvalue weighted by Crippen LogP contribution is -2.62. The number of para-hydroxylation sites is 2. The molecule has 15 heteroatoms. The first-order chi connectivity index (χ1) is 24.7. The van der Waals surface area contributed by atoms with Gasteiger partial charge < -0.3 is 18.8 Å². The van der Waals surface area contributed by atoms with Gasteiger partial charge in [-0.2, -0.15) is 22.0 Å². The van der Waals surface area contributed by atoms with Crippen molar-refractivity contribution in [2.45, 2.75) is 104 Å². The lowest BCUT2D eigenvalue weighted by Gasteiger charge is -2.60. The van der Waals surface area contributed by atoms with E-state index in [1.807, 2.05) is 24.3 Å². The van der Waals surface area contributed by atoms with E-state index in [0.717, 1.165) is 11.5 Å². The van der Waals surface area contributed by atoms with Gasteiger partial charge in [-0.3, -0.25) is 9.59 Å². The third-order valence-corrected chi connectivity index (χ3v) is 13.9. The van der Waals surface area contributed by atoms with Crippen molar-refractivity contribution in [3.05, 3.63) is 78.9 Å². The average Bonchev–Trinajstić information content (AvgIpc) is 3.08. The predicted octanol–water partition coefficient (Wildman–Crippen LogP) is 8.80. The fraction of sp³-hybridized carbons (Fsp3) is 0.474. The van der Waals surface area contributed by atoms with Gasteiger partial charge in [-0.15, -0.1) is 0 Å². The highest BCUT2D eigenvalue weighted by Gasteiger charge is 2.67. The van der Waals surface area contributed by atoms with E-state index in [-0.39, 0.29) is 42.0 Å². The summed E-state index contributed by atoms with van der Waals surface area (Å²) in [7, 11) is -6.87. The Morgan fingerprint density at radius 1 is 0.868 bits per heavy atom. The summed E-state index contributed by atoms with van der Waals surface area (Å²) in [4.78, 5) is 29.5. The van der Waals surface area contributed by atoms with Crippen LogP contribution in [0.3, 0.4) is 0 Å². The van der Waals surface area contributed by atoms with Crippen LogP contribution < -0.4 is 4.74 Å². The van der Waals surface area contributed by atoms with Crippen molar-refractivity contribution >= 4 is 33.0 Å². The number of alkyl halides is 5. The molecule has 3 aromatic carbocycles. The Kier molecular flexibility index (Phi) is 10.2. The van der Waals surface area contributed by atoms with Crippen LogP contribution in [0.4, 0.5) is 22.0 Å². The summed E-state index contributed by atoms with van der Waals surface area (Å²) in [6, 6.07) is 27.3. The van der Waals surface area contributed by atoms with Gasteiger partial charge in [0.1, 0.15) is 16.5 Å². The Morgan fingerprint density at radius 3 is 1.87 bits per heavy atom. The van der Waals surface area contributed by atoms with Gasteiger partial charge in [0.15, 0.2) is 26.5 Å². The third-order valence-electron chi connectivity index (χ3n) is 10.7. The zero-order valence-corrected chi connectivity index (χ0v) is 30.8. The highest BCUT2D eigenvalue weighted by Crippen LogP contribution is 2.64. The molecule has 5 aliphatic rings. The van der Waals surface area contributed by atoms with Crippen LogP contribution >= 0.6 is 0 Å². The van der Waals surface area contributed by atoms with Gasteiger partial charge in [0, 0.05) is 6.42 Å². The molecule has 1 heterocycles. The van der Waals surface area contributed by atoms with E-state index in [2.05, 4.69) is 59.3 Å². The molecule has 0 N–H and O–H groups in total. The van der Waals surface area contributed by atoms with E-state index in [0.29, 0.717) is 25.7 Å². The van der Waals surface area contributed by atoms with Gasteiger partial charge in [0.2, 0.25) is 9.79 Å². The van der Waals surface area contributed by atoms with Crippen molar-refractivity contribution in [1.82, 2.24) is 0 Å². The van der Waals surface area contributed by atoms with Gasteiger partial charge >= 0.3 is 23.4 Å². The fourth-order valence-electron chi connectivity index (χ4n) is 8.16. The highest BCUT2D eigenvalue weighted by molar-refractivity contribution is 7.97. The number of hydrogen-bond acceptors (Lipinski definition) is 8. The van der Waals surface area contributed by atoms with E-state index in [1.54, 1.807) is 20.8 Å². The van der Waals surface area contributed by atoms with Gasteiger partial charge in [-0.05, 0) is 101 Å². The fourth-order valence-corrected chi connectivity index (χ4v) is 10.8. The Morgan fingerprint density at radius 2 is 1.38 bits per heavy atom. The molecule has 3 atom stereocenters. The largest absolute Gasteiger partial charge is 0.743 e. The van der Waals surface area contributed by atoms with Crippen LogP contribution in [0, 0.1) is 22.7 Å². The summed E-state index contributed by atoms with van der Waals surface area (Å²) in [5.74, 6) is -0.657. The molecule has 0 spiro atoms. The molecule has 4 saturated carbocycles. The molecule has 286 valence electrons. The predicted molar refractivity (Wildman–Crippen MR) is 182 cm³/mol. The van der Waals surface area contributed by atoms with Crippen molar-refractivity contribution in [1.29, 1.82) is 0 Å². The van der Waals surface area contributed by atoms with Crippen LogP contribution in [0.2, 0.25) is 0 Å². The van der Waals surface area contributed by atoms with E-state index >= 15 is 0 Å². The Labute approximate surface area is 307 Å². The lowest BCUT2D eigenvalue weighted by atomic mass is 9.48. The topological polar surface area (TPSA) is 119 Å². The van der Waals surface area contributed by atoms with Crippen LogP contribution in [0.15, 0.2) is 93.5 Å². The second-order valence-corrected chi connectivity index (χ2v) is 18.4. The summed E-state index contributed by atoms with van der Waals surface area (Å²) in [5.41, 5.74) is -3.64. The van der Waals surface area contributed by atoms with Crippen molar-refractivity contribution in [3.8, 4) is 11.5 Å². The standard InChI is InChI=1S/C20H27F5O7S.C18H13OS/c1-4-16(2,3)14(26)32-18-8-11-5-12(9-18)7-17(6-11,10-18)15(27)31-13(19(21,22)23)20(24,25)33(28,29)30;1-2-8-14(9-3-1)20-17-12-6-4-10-15(17)19-16-11-5-7-13-18(16)20/h11-13H,4-10H2,1-3H3,(H,28,29,30);1-13H/q;+1/p-1. The molecule has 8 nitrogen and oxygen atoms in total. The number of rotatable bonds is 8. The molecule has 0 saturated heterocycles. The molecule has 8 rings (SSSR count). The molecular weight excluding hydrogens is 744 g/mol. The minimum Gasteiger partial charge on any atom is -0.743 e. The number of carbonyl (C=O) groups excluding carboxylic acids is 2. The molecular formula is C38H39F5O8S2. The second-order valence-electron chi connectivity index (χ2n) is 15.0. The van der Waals surface area contributed by atoms with E-state index in [1.165, 1.54) is 14.7 Å².